The van der Waals surface area contributed by atoms with Crippen LogP contribution in [0.5, 0.6) is 0 Å². The fourth-order valence-electron chi connectivity index (χ4n) is 4.39. The van der Waals surface area contributed by atoms with Gasteiger partial charge in [0.25, 0.3) is 0 Å². The third-order valence-corrected chi connectivity index (χ3v) is 5.73. The molecule has 1 heterocycles. The summed E-state index contributed by atoms with van der Waals surface area (Å²) in [6.07, 6.45) is 0. The third kappa shape index (κ3) is 3.36. The Hall–Kier alpha value is -3.50. The summed E-state index contributed by atoms with van der Waals surface area (Å²) in [5, 5.41) is 0. The fraction of sp³-hybridized carbons (Fsp3) is 0.154. The lowest BCUT2D eigenvalue weighted by molar-refractivity contribution is -0.112. The molecule has 4 nitrogen and oxygen atoms in total. The largest absolute Gasteiger partial charge is 0.353 e. The Kier molecular flexibility index (Phi) is 4.77. The zero-order chi connectivity index (χ0) is 20.5. The van der Waals surface area contributed by atoms with Crippen LogP contribution in [0.2, 0.25) is 0 Å². The van der Waals surface area contributed by atoms with E-state index in [1.807, 2.05) is 54.6 Å². The molecular formula is C26H22N2O2. The molecule has 0 saturated carbocycles. The van der Waals surface area contributed by atoms with Gasteiger partial charge in [0.1, 0.15) is 0 Å². The van der Waals surface area contributed by atoms with Crippen molar-refractivity contribution in [1.29, 1.82) is 0 Å². The van der Waals surface area contributed by atoms with Crippen molar-refractivity contribution in [2.24, 2.45) is 0 Å². The number of carbonyl (C=O) groups is 2. The minimum Gasteiger partial charge on any atom is -0.353 e. The number of ketones is 2. The van der Waals surface area contributed by atoms with Crippen LogP contribution in [0.4, 0.5) is 0 Å². The van der Waals surface area contributed by atoms with Gasteiger partial charge in [0.15, 0.2) is 0 Å². The van der Waals surface area contributed by atoms with Crippen LogP contribution in [0.1, 0.15) is 27.0 Å². The Morgan fingerprint density at radius 3 is 1.87 bits per heavy atom. The molecule has 2 aliphatic rings. The zero-order valence-electron chi connectivity index (χ0n) is 16.6. The number of nitrogens with zero attached hydrogens (tertiary/aromatic N) is 2. The quantitative estimate of drug-likeness (QED) is 0.624. The van der Waals surface area contributed by atoms with Crippen molar-refractivity contribution in [3.63, 3.8) is 0 Å². The Morgan fingerprint density at radius 2 is 1.20 bits per heavy atom. The minimum absolute atomic E-state index is 0.375. The van der Waals surface area contributed by atoms with Crippen LogP contribution in [0.15, 0.2) is 90.5 Å². The highest BCUT2D eigenvalue weighted by atomic mass is 16.2. The topological polar surface area (TPSA) is 40.6 Å². The maximum atomic E-state index is 13.1. The van der Waals surface area contributed by atoms with Crippen LogP contribution in [0.25, 0.3) is 5.70 Å². The maximum Gasteiger partial charge on any atom is 0.233 e. The van der Waals surface area contributed by atoms with E-state index in [9.17, 15) is 9.59 Å². The molecule has 148 valence electrons. The maximum absolute atomic E-state index is 13.1. The monoisotopic (exact) mass is 394 g/mol. The van der Waals surface area contributed by atoms with Crippen molar-refractivity contribution in [1.82, 2.24) is 9.80 Å². The van der Waals surface area contributed by atoms with Gasteiger partial charge in [-0.2, -0.15) is 0 Å². The molecule has 0 spiro atoms. The normalized spacial score (nSPS) is 16.5. The van der Waals surface area contributed by atoms with Gasteiger partial charge in [0, 0.05) is 36.3 Å². The Labute approximate surface area is 176 Å². The molecule has 1 aliphatic carbocycles. The van der Waals surface area contributed by atoms with Crippen molar-refractivity contribution in [2.45, 2.75) is 13.1 Å². The SMILES string of the molecule is O=C1C(=O)c2ccccc2C2=C1CN(Cc1ccccc1)CN2Cc1ccccc1. The molecule has 3 aromatic carbocycles. The Morgan fingerprint density at radius 1 is 0.633 bits per heavy atom. The molecule has 0 aromatic heterocycles. The smallest absolute Gasteiger partial charge is 0.233 e. The zero-order valence-corrected chi connectivity index (χ0v) is 16.6. The van der Waals surface area contributed by atoms with E-state index < -0.39 is 5.78 Å². The number of Topliss-reactive ketones (excluding diaryl/α,β-unsaturated/α-hetero) is 2. The van der Waals surface area contributed by atoms with Gasteiger partial charge in [0.05, 0.1) is 12.4 Å². The molecule has 0 saturated heterocycles. The molecule has 1 aliphatic heterocycles. The molecular weight excluding hydrogens is 372 g/mol. The first kappa shape index (κ1) is 18.5. The summed E-state index contributed by atoms with van der Waals surface area (Å²) in [6.45, 7) is 2.58. The minimum atomic E-state index is -0.398. The number of fused-ring (bicyclic) bond motifs is 2. The summed E-state index contributed by atoms with van der Waals surface area (Å²) in [5.74, 6) is -0.773. The summed E-state index contributed by atoms with van der Waals surface area (Å²) in [7, 11) is 0. The molecule has 0 amide bonds. The lowest BCUT2D eigenvalue weighted by Gasteiger charge is -2.41. The lowest BCUT2D eigenvalue weighted by atomic mass is 9.85. The number of rotatable bonds is 4. The molecule has 0 radical (unpaired) electrons. The first-order valence-electron chi connectivity index (χ1n) is 10.2. The average Bonchev–Trinajstić information content (AvgIpc) is 2.79. The van der Waals surface area contributed by atoms with E-state index in [1.165, 1.54) is 11.1 Å². The first-order valence-corrected chi connectivity index (χ1v) is 10.2. The molecule has 0 unspecified atom stereocenters. The molecule has 0 atom stereocenters. The summed E-state index contributed by atoms with van der Waals surface area (Å²) in [6, 6.07) is 28.0. The fourth-order valence-corrected chi connectivity index (χ4v) is 4.39. The van der Waals surface area contributed by atoms with Crippen molar-refractivity contribution in [3.8, 4) is 0 Å². The summed E-state index contributed by atoms with van der Waals surface area (Å²) >= 11 is 0. The van der Waals surface area contributed by atoms with E-state index in [4.69, 9.17) is 0 Å². The van der Waals surface area contributed by atoms with Crippen molar-refractivity contribution in [2.75, 3.05) is 13.2 Å². The van der Waals surface area contributed by atoms with E-state index in [0.717, 1.165) is 17.8 Å². The molecule has 0 bridgehead atoms. The van der Waals surface area contributed by atoms with Gasteiger partial charge < -0.3 is 4.90 Å². The number of hydrogen-bond acceptors (Lipinski definition) is 4. The molecule has 3 aromatic rings. The summed E-state index contributed by atoms with van der Waals surface area (Å²) < 4.78 is 0. The van der Waals surface area contributed by atoms with Gasteiger partial charge in [0.2, 0.25) is 11.6 Å². The predicted molar refractivity (Wildman–Crippen MR) is 116 cm³/mol. The highest BCUT2D eigenvalue weighted by Gasteiger charge is 2.38. The van der Waals surface area contributed by atoms with Crippen LogP contribution in [-0.4, -0.2) is 34.6 Å². The van der Waals surface area contributed by atoms with E-state index >= 15 is 0 Å². The van der Waals surface area contributed by atoms with E-state index in [-0.39, 0.29) is 5.78 Å². The Balaban J connectivity index is 1.57. The first-order chi connectivity index (χ1) is 14.7. The van der Waals surface area contributed by atoms with Crippen molar-refractivity contribution < 1.29 is 9.59 Å². The van der Waals surface area contributed by atoms with Crippen LogP contribution < -0.4 is 0 Å². The highest BCUT2D eigenvalue weighted by molar-refractivity contribution is 6.52. The molecule has 0 fully saturated rings. The third-order valence-electron chi connectivity index (χ3n) is 5.73. The van der Waals surface area contributed by atoms with Gasteiger partial charge in [-0.1, -0.05) is 84.9 Å². The van der Waals surface area contributed by atoms with Gasteiger partial charge in [-0.25, -0.2) is 0 Å². The highest BCUT2D eigenvalue weighted by Crippen LogP contribution is 2.36. The molecule has 5 rings (SSSR count). The van der Waals surface area contributed by atoms with E-state index in [1.54, 1.807) is 6.07 Å². The van der Waals surface area contributed by atoms with E-state index in [0.29, 0.717) is 30.9 Å². The lowest BCUT2D eigenvalue weighted by Crippen LogP contribution is -2.46. The van der Waals surface area contributed by atoms with Crippen LogP contribution >= 0.6 is 0 Å². The predicted octanol–water partition coefficient (Wildman–Crippen LogP) is 4.14. The van der Waals surface area contributed by atoms with Crippen LogP contribution in [0.3, 0.4) is 0 Å². The standard InChI is InChI=1S/C26H22N2O2/c29-25-22-14-8-7-13-21(22)24-23(26(25)30)17-27(15-19-9-3-1-4-10-19)18-28(24)16-20-11-5-2-6-12-20/h1-14H,15-18H2. The van der Waals surface area contributed by atoms with Gasteiger partial charge >= 0.3 is 0 Å². The molecule has 0 N–H and O–H groups in total. The van der Waals surface area contributed by atoms with Gasteiger partial charge in [-0.3, -0.25) is 14.5 Å². The molecule has 4 heteroatoms. The summed E-state index contributed by atoms with van der Waals surface area (Å²) in [5.41, 5.74) is 5.26. The Bertz CT molecular complexity index is 1140. The number of hydrogen-bond donors (Lipinski definition) is 0. The summed E-state index contributed by atoms with van der Waals surface area (Å²) in [4.78, 5) is 30.3. The van der Waals surface area contributed by atoms with Crippen LogP contribution in [0, 0.1) is 0 Å². The average molecular weight is 394 g/mol. The van der Waals surface area contributed by atoms with E-state index in [2.05, 4.69) is 34.1 Å². The number of carbonyl (C=O) groups excluding carboxylic acids is 2. The molecule has 30 heavy (non-hydrogen) atoms. The second-order valence-corrected chi connectivity index (χ2v) is 7.83. The second kappa shape index (κ2) is 7.73. The van der Waals surface area contributed by atoms with Gasteiger partial charge in [-0.15, -0.1) is 0 Å². The second-order valence-electron chi connectivity index (χ2n) is 7.83. The van der Waals surface area contributed by atoms with Gasteiger partial charge in [-0.05, 0) is 11.1 Å². The number of benzene rings is 3. The van der Waals surface area contributed by atoms with Crippen LogP contribution in [-0.2, 0) is 17.9 Å². The van der Waals surface area contributed by atoms with Crippen molar-refractivity contribution in [3.05, 3.63) is 113 Å². The van der Waals surface area contributed by atoms with Crippen molar-refractivity contribution >= 4 is 17.3 Å².